The van der Waals surface area contributed by atoms with Crippen molar-refractivity contribution < 1.29 is 9.53 Å². The molecule has 18 heavy (non-hydrogen) atoms. The lowest BCUT2D eigenvalue weighted by atomic mass is 10.1. The number of aromatic amines is 1. The van der Waals surface area contributed by atoms with Gasteiger partial charge in [0, 0.05) is 6.61 Å². The molecule has 2 atom stereocenters. The lowest BCUT2D eigenvalue weighted by Crippen LogP contribution is -2.39. The number of nitrogens with two attached hydrogens (primary N) is 1. The van der Waals surface area contributed by atoms with E-state index in [0.29, 0.717) is 12.3 Å². The third-order valence-corrected chi connectivity index (χ3v) is 3.29. The monoisotopic (exact) mass is 252 g/mol. The average molecular weight is 252 g/mol. The van der Waals surface area contributed by atoms with E-state index in [0.717, 1.165) is 25.0 Å². The Kier molecular flexibility index (Phi) is 3.86. The minimum absolute atomic E-state index is 0.0447. The van der Waals surface area contributed by atoms with E-state index in [1.807, 2.05) is 6.92 Å². The number of amides is 1. The number of nitrogens with one attached hydrogen (secondary N) is 2. The molecule has 1 aliphatic heterocycles. The molecule has 1 aliphatic rings. The SMILES string of the molecule is CCCc1[nH]nc(C(=O)NC2CCOC2C)c1N. The molecule has 0 bridgehead atoms. The van der Waals surface area contributed by atoms with Crippen molar-refractivity contribution in [2.45, 2.75) is 45.3 Å². The van der Waals surface area contributed by atoms with Gasteiger partial charge in [-0.25, -0.2) is 0 Å². The van der Waals surface area contributed by atoms with Gasteiger partial charge in [0.15, 0.2) is 5.69 Å². The number of carbonyl (C=O) groups excluding carboxylic acids is 1. The number of nitrogens with zero attached hydrogens (tertiary/aromatic N) is 1. The fraction of sp³-hybridized carbons (Fsp3) is 0.667. The lowest BCUT2D eigenvalue weighted by Gasteiger charge is -2.15. The Hall–Kier alpha value is -1.56. The molecule has 100 valence electrons. The molecule has 0 spiro atoms. The average Bonchev–Trinajstić information content (AvgIpc) is 2.88. The number of anilines is 1. The maximum absolute atomic E-state index is 12.1. The van der Waals surface area contributed by atoms with Crippen LogP contribution in [0.1, 0.15) is 42.9 Å². The quantitative estimate of drug-likeness (QED) is 0.740. The van der Waals surface area contributed by atoms with Crippen LogP contribution >= 0.6 is 0 Å². The second-order valence-corrected chi connectivity index (χ2v) is 4.66. The van der Waals surface area contributed by atoms with Crippen molar-refractivity contribution in [1.29, 1.82) is 0 Å². The smallest absolute Gasteiger partial charge is 0.274 e. The molecule has 1 aromatic rings. The number of H-pyrrole nitrogens is 1. The number of ether oxygens (including phenoxy) is 1. The molecule has 1 saturated heterocycles. The Bertz CT molecular complexity index is 430. The van der Waals surface area contributed by atoms with Crippen LogP contribution in [0.5, 0.6) is 0 Å². The number of aryl methyl sites for hydroxylation is 1. The molecule has 1 amide bonds. The first-order valence-electron chi connectivity index (χ1n) is 6.38. The molecular weight excluding hydrogens is 232 g/mol. The van der Waals surface area contributed by atoms with Gasteiger partial charge < -0.3 is 15.8 Å². The van der Waals surface area contributed by atoms with Crippen LogP contribution in [-0.2, 0) is 11.2 Å². The number of hydrogen-bond donors (Lipinski definition) is 3. The standard InChI is InChI=1S/C12H20N4O2/c1-3-4-9-10(13)11(16-15-9)12(17)14-8-5-6-18-7(8)2/h7-8H,3-6,13H2,1-2H3,(H,14,17)(H,15,16). The zero-order valence-corrected chi connectivity index (χ0v) is 10.8. The van der Waals surface area contributed by atoms with Crippen LogP contribution in [0.25, 0.3) is 0 Å². The fourth-order valence-electron chi connectivity index (χ4n) is 2.16. The lowest BCUT2D eigenvalue weighted by molar-refractivity contribution is 0.0862. The predicted octanol–water partition coefficient (Wildman–Crippen LogP) is 0.852. The van der Waals surface area contributed by atoms with E-state index in [4.69, 9.17) is 10.5 Å². The molecule has 0 radical (unpaired) electrons. The second-order valence-electron chi connectivity index (χ2n) is 4.66. The highest BCUT2D eigenvalue weighted by atomic mass is 16.5. The topological polar surface area (TPSA) is 93.0 Å². The van der Waals surface area contributed by atoms with Crippen LogP contribution in [-0.4, -0.2) is 34.9 Å². The Morgan fingerprint density at radius 2 is 2.44 bits per heavy atom. The Morgan fingerprint density at radius 3 is 3.06 bits per heavy atom. The van der Waals surface area contributed by atoms with Crippen molar-refractivity contribution in [3.05, 3.63) is 11.4 Å². The van der Waals surface area contributed by atoms with Crippen molar-refractivity contribution in [3.63, 3.8) is 0 Å². The molecule has 0 saturated carbocycles. The van der Waals surface area contributed by atoms with Crippen molar-refractivity contribution in [3.8, 4) is 0 Å². The Morgan fingerprint density at radius 1 is 1.67 bits per heavy atom. The number of carbonyl (C=O) groups is 1. The Balaban J connectivity index is 2.04. The summed E-state index contributed by atoms with van der Waals surface area (Å²) >= 11 is 0. The van der Waals surface area contributed by atoms with Crippen LogP contribution in [0.3, 0.4) is 0 Å². The molecule has 6 nitrogen and oxygen atoms in total. The molecule has 1 fully saturated rings. The summed E-state index contributed by atoms with van der Waals surface area (Å²) in [4.78, 5) is 12.1. The highest BCUT2D eigenvalue weighted by Crippen LogP contribution is 2.17. The van der Waals surface area contributed by atoms with Gasteiger partial charge in [0.25, 0.3) is 5.91 Å². The second kappa shape index (κ2) is 5.39. The maximum Gasteiger partial charge on any atom is 0.274 e. The van der Waals surface area contributed by atoms with Crippen molar-refractivity contribution in [2.75, 3.05) is 12.3 Å². The summed E-state index contributed by atoms with van der Waals surface area (Å²) in [7, 11) is 0. The number of nitrogen functional groups attached to an aromatic ring is 1. The Labute approximate surface area is 106 Å². The third-order valence-electron chi connectivity index (χ3n) is 3.29. The summed E-state index contributed by atoms with van der Waals surface area (Å²) in [5, 5.41) is 9.74. The zero-order valence-electron chi connectivity index (χ0n) is 10.8. The summed E-state index contributed by atoms with van der Waals surface area (Å²) in [5.74, 6) is -0.228. The normalized spacial score (nSPS) is 23.2. The molecule has 6 heteroatoms. The van der Waals surface area contributed by atoms with Crippen LogP contribution < -0.4 is 11.1 Å². The summed E-state index contributed by atoms with van der Waals surface area (Å²) in [5.41, 5.74) is 7.49. The first-order chi connectivity index (χ1) is 8.63. The predicted molar refractivity (Wildman–Crippen MR) is 68.3 cm³/mol. The van der Waals surface area contributed by atoms with E-state index in [1.54, 1.807) is 0 Å². The van der Waals surface area contributed by atoms with E-state index < -0.39 is 0 Å². The molecule has 2 unspecified atom stereocenters. The third kappa shape index (κ3) is 2.48. The summed E-state index contributed by atoms with van der Waals surface area (Å²) in [6.45, 7) is 4.69. The molecular formula is C12H20N4O2. The minimum atomic E-state index is -0.228. The molecule has 0 aliphatic carbocycles. The van der Waals surface area contributed by atoms with E-state index in [2.05, 4.69) is 22.4 Å². The van der Waals surface area contributed by atoms with Crippen LogP contribution in [0.15, 0.2) is 0 Å². The van der Waals surface area contributed by atoms with Crippen molar-refractivity contribution in [2.24, 2.45) is 0 Å². The maximum atomic E-state index is 12.1. The largest absolute Gasteiger partial charge is 0.395 e. The summed E-state index contributed by atoms with van der Waals surface area (Å²) < 4.78 is 5.40. The number of rotatable bonds is 4. The van der Waals surface area contributed by atoms with Gasteiger partial charge in [0.05, 0.1) is 23.5 Å². The van der Waals surface area contributed by atoms with Gasteiger partial charge in [-0.2, -0.15) is 5.10 Å². The molecule has 2 rings (SSSR count). The number of aromatic nitrogens is 2. The summed E-state index contributed by atoms with van der Waals surface area (Å²) in [6.07, 6.45) is 2.64. The van der Waals surface area contributed by atoms with E-state index in [1.165, 1.54) is 0 Å². The molecule has 4 N–H and O–H groups in total. The van der Waals surface area contributed by atoms with Gasteiger partial charge in [-0.3, -0.25) is 9.89 Å². The molecule has 1 aromatic heterocycles. The first-order valence-corrected chi connectivity index (χ1v) is 6.38. The fourth-order valence-corrected chi connectivity index (χ4v) is 2.16. The van der Waals surface area contributed by atoms with E-state index >= 15 is 0 Å². The number of hydrogen-bond acceptors (Lipinski definition) is 4. The van der Waals surface area contributed by atoms with Crippen LogP contribution in [0, 0.1) is 0 Å². The minimum Gasteiger partial charge on any atom is -0.395 e. The molecule has 0 aromatic carbocycles. The van der Waals surface area contributed by atoms with Crippen LogP contribution in [0.4, 0.5) is 5.69 Å². The van der Waals surface area contributed by atoms with Gasteiger partial charge in [-0.1, -0.05) is 13.3 Å². The van der Waals surface area contributed by atoms with Crippen LogP contribution in [0.2, 0.25) is 0 Å². The van der Waals surface area contributed by atoms with Gasteiger partial charge >= 0.3 is 0 Å². The van der Waals surface area contributed by atoms with Gasteiger partial charge in [-0.05, 0) is 19.8 Å². The highest BCUT2D eigenvalue weighted by Gasteiger charge is 2.27. The van der Waals surface area contributed by atoms with Gasteiger partial charge in [-0.15, -0.1) is 0 Å². The first kappa shape index (κ1) is 12.9. The summed E-state index contributed by atoms with van der Waals surface area (Å²) in [6, 6.07) is 0.0447. The van der Waals surface area contributed by atoms with E-state index in [9.17, 15) is 4.79 Å². The van der Waals surface area contributed by atoms with Crippen molar-refractivity contribution >= 4 is 11.6 Å². The zero-order chi connectivity index (χ0) is 13.1. The van der Waals surface area contributed by atoms with Crippen molar-refractivity contribution in [1.82, 2.24) is 15.5 Å². The van der Waals surface area contributed by atoms with E-state index in [-0.39, 0.29) is 23.7 Å². The highest BCUT2D eigenvalue weighted by molar-refractivity contribution is 5.97. The molecule has 2 heterocycles. The van der Waals surface area contributed by atoms with Gasteiger partial charge in [0.1, 0.15) is 0 Å². The van der Waals surface area contributed by atoms with Gasteiger partial charge in [0.2, 0.25) is 0 Å².